The van der Waals surface area contributed by atoms with Gasteiger partial charge in [0, 0.05) is 23.8 Å². The minimum absolute atomic E-state index is 0.241. The molecule has 4 aromatic carbocycles. The molecule has 0 saturated carbocycles. The Bertz CT molecular complexity index is 1540. The number of allylic oxidation sites excluding steroid dienone is 2. The third-order valence-electron chi connectivity index (χ3n) is 6.22. The fraction of sp³-hybridized carbons (Fsp3) is 0.125. The zero-order chi connectivity index (χ0) is 25.1. The van der Waals surface area contributed by atoms with Gasteiger partial charge in [-0.3, -0.25) is 0 Å². The van der Waals surface area contributed by atoms with Crippen LogP contribution in [-0.4, -0.2) is 25.2 Å². The third kappa shape index (κ3) is 4.19. The second kappa shape index (κ2) is 9.99. The van der Waals surface area contributed by atoms with E-state index < -0.39 is 11.9 Å². The molecule has 1 aliphatic carbocycles. The maximum atomic E-state index is 13.3. The minimum atomic E-state index is -0.443. The molecule has 4 aromatic rings. The van der Waals surface area contributed by atoms with Crippen LogP contribution >= 0.6 is 0 Å². The molecule has 0 bridgehead atoms. The van der Waals surface area contributed by atoms with E-state index in [1.165, 1.54) is 0 Å². The summed E-state index contributed by atoms with van der Waals surface area (Å²) in [5, 5.41) is 2.02. The van der Waals surface area contributed by atoms with Crippen LogP contribution < -0.4 is 0 Å². The van der Waals surface area contributed by atoms with E-state index in [9.17, 15) is 9.59 Å². The lowest BCUT2D eigenvalue weighted by atomic mass is 9.84. The fourth-order valence-electron chi connectivity index (χ4n) is 4.64. The number of ether oxygens (including phenoxy) is 2. The predicted molar refractivity (Wildman–Crippen MR) is 142 cm³/mol. The van der Waals surface area contributed by atoms with E-state index in [1.54, 1.807) is 26.0 Å². The molecular formula is C32H25O4+. The molecule has 5 rings (SSSR count). The molecule has 0 saturated heterocycles. The van der Waals surface area contributed by atoms with Crippen molar-refractivity contribution >= 4 is 28.3 Å². The zero-order valence-electron chi connectivity index (χ0n) is 20.2. The summed E-state index contributed by atoms with van der Waals surface area (Å²) in [6.07, 6.45) is 6.98. The first-order valence-electron chi connectivity index (χ1n) is 12.0. The lowest BCUT2D eigenvalue weighted by Crippen LogP contribution is -2.14. The van der Waals surface area contributed by atoms with Gasteiger partial charge < -0.3 is 9.47 Å². The zero-order valence-corrected chi connectivity index (χ0v) is 20.2. The number of carbonyl (C=O) groups excluding carboxylic acids is 2. The third-order valence-corrected chi connectivity index (χ3v) is 6.22. The molecule has 0 amide bonds. The van der Waals surface area contributed by atoms with Crippen molar-refractivity contribution in [2.45, 2.75) is 13.8 Å². The highest BCUT2D eigenvalue weighted by Crippen LogP contribution is 2.38. The van der Waals surface area contributed by atoms with E-state index in [-0.39, 0.29) is 13.2 Å². The van der Waals surface area contributed by atoms with Crippen molar-refractivity contribution in [3.05, 3.63) is 125 Å². The Morgan fingerprint density at radius 2 is 1.31 bits per heavy atom. The number of hydrogen-bond donors (Lipinski definition) is 0. The molecule has 1 aliphatic rings. The maximum absolute atomic E-state index is 13.3. The van der Waals surface area contributed by atoms with Gasteiger partial charge in [0.25, 0.3) is 0 Å². The Hall–Kier alpha value is -4.53. The molecule has 0 aliphatic heterocycles. The van der Waals surface area contributed by atoms with E-state index in [2.05, 4.69) is 6.08 Å². The van der Waals surface area contributed by atoms with Gasteiger partial charge in [-0.25, -0.2) is 9.59 Å². The highest BCUT2D eigenvalue weighted by molar-refractivity contribution is 6.08. The summed E-state index contributed by atoms with van der Waals surface area (Å²) in [6, 6.07) is 25.3. The van der Waals surface area contributed by atoms with Gasteiger partial charge in [0.15, 0.2) is 5.56 Å². The summed E-state index contributed by atoms with van der Waals surface area (Å²) in [4.78, 5) is 26.6. The Labute approximate surface area is 210 Å². The standard InChI is InChI=1S/C32H25O4/c1-3-35-31(33)29-19-28(26-18-10-14-22-12-6-8-16-24(22)26)30(32(34)36-4-2)20-27(29)25-17-9-13-21-11-5-7-15-23(21)25/h5-13,15-20H,3-4H2,1-2H3/q+1. The molecule has 36 heavy (non-hydrogen) atoms. The molecule has 0 fully saturated rings. The highest BCUT2D eigenvalue weighted by Gasteiger charge is 2.28. The van der Waals surface area contributed by atoms with Crippen LogP contribution in [0.3, 0.4) is 0 Å². The van der Waals surface area contributed by atoms with E-state index >= 15 is 0 Å². The number of esters is 2. The molecule has 176 valence electrons. The number of benzene rings is 4. The van der Waals surface area contributed by atoms with Crippen LogP contribution in [0.25, 0.3) is 27.5 Å². The Kier molecular flexibility index (Phi) is 6.44. The lowest BCUT2D eigenvalue weighted by molar-refractivity contribution is 0.0512. The van der Waals surface area contributed by atoms with Crippen LogP contribution in [0.2, 0.25) is 0 Å². The summed E-state index contributed by atoms with van der Waals surface area (Å²) < 4.78 is 10.9. The smallest absolute Gasteiger partial charge is 0.338 e. The average molecular weight is 474 g/mol. The molecule has 0 unspecified atom stereocenters. The molecule has 0 heterocycles. The molecule has 0 atom stereocenters. The summed E-state index contributed by atoms with van der Waals surface area (Å²) in [7, 11) is 0. The first-order valence-corrected chi connectivity index (χ1v) is 12.0. The van der Waals surface area contributed by atoms with Crippen molar-refractivity contribution in [3.8, 4) is 11.1 Å². The molecule has 0 spiro atoms. The number of fused-ring (bicyclic) bond motifs is 2. The van der Waals surface area contributed by atoms with E-state index in [4.69, 9.17) is 9.47 Å². The largest absolute Gasteiger partial charge is 0.462 e. The van der Waals surface area contributed by atoms with Crippen LogP contribution in [0, 0.1) is 6.08 Å². The lowest BCUT2D eigenvalue weighted by Gasteiger charge is -2.18. The second-order valence-corrected chi connectivity index (χ2v) is 8.35. The van der Waals surface area contributed by atoms with Gasteiger partial charge >= 0.3 is 11.9 Å². The summed E-state index contributed by atoms with van der Waals surface area (Å²) in [5.41, 5.74) is 5.55. The van der Waals surface area contributed by atoms with Crippen LogP contribution in [0.4, 0.5) is 0 Å². The summed E-state index contributed by atoms with van der Waals surface area (Å²) in [6.45, 7) is 4.05. The van der Waals surface area contributed by atoms with Gasteiger partial charge in [-0.1, -0.05) is 42.5 Å². The molecule has 4 heteroatoms. The highest BCUT2D eigenvalue weighted by atomic mass is 16.5. The molecular weight excluding hydrogens is 448 g/mol. The Balaban J connectivity index is 1.82. The van der Waals surface area contributed by atoms with Crippen LogP contribution in [-0.2, 0) is 9.47 Å². The minimum Gasteiger partial charge on any atom is -0.462 e. The second-order valence-electron chi connectivity index (χ2n) is 8.35. The van der Waals surface area contributed by atoms with Crippen LogP contribution in [0.1, 0.15) is 51.3 Å². The molecule has 0 radical (unpaired) electrons. The first-order chi connectivity index (χ1) is 17.6. The van der Waals surface area contributed by atoms with E-state index in [0.29, 0.717) is 22.3 Å². The topological polar surface area (TPSA) is 52.6 Å². The fourth-order valence-corrected chi connectivity index (χ4v) is 4.64. The van der Waals surface area contributed by atoms with Gasteiger partial charge in [-0.05, 0) is 66.1 Å². The Morgan fingerprint density at radius 3 is 2.08 bits per heavy atom. The van der Waals surface area contributed by atoms with Crippen molar-refractivity contribution in [3.63, 3.8) is 0 Å². The quantitative estimate of drug-likeness (QED) is 0.223. The first kappa shape index (κ1) is 23.2. The summed E-state index contributed by atoms with van der Waals surface area (Å²) in [5.74, 6) is -0.884. The number of carbonyl (C=O) groups is 2. The summed E-state index contributed by atoms with van der Waals surface area (Å²) >= 11 is 0. The maximum Gasteiger partial charge on any atom is 0.338 e. The molecule has 0 N–H and O–H groups in total. The van der Waals surface area contributed by atoms with Crippen molar-refractivity contribution in [1.29, 1.82) is 0 Å². The van der Waals surface area contributed by atoms with Crippen molar-refractivity contribution in [2.24, 2.45) is 0 Å². The van der Waals surface area contributed by atoms with Gasteiger partial charge in [-0.15, -0.1) is 0 Å². The van der Waals surface area contributed by atoms with Gasteiger partial charge in [0.2, 0.25) is 0 Å². The van der Waals surface area contributed by atoms with E-state index in [1.807, 2.05) is 78.9 Å². The van der Waals surface area contributed by atoms with Gasteiger partial charge in [0.1, 0.15) is 0 Å². The van der Waals surface area contributed by atoms with Crippen molar-refractivity contribution in [2.75, 3.05) is 13.2 Å². The monoisotopic (exact) mass is 473 g/mol. The molecule has 0 aromatic heterocycles. The van der Waals surface area contributed by atoms with Crippen molar-refractivity contribution in [1.82, 2.24) is 0 Å². The van der Waals surface area contributed by atoms with Gasteiger partial charge in [-0.2, -0.15) is 0 Å². The number of rotatable bonds is 6. The van der Waals surface area contributed by atoms with Crippen molar-refractivity contribution < 1.29 is 19.1 Å². The molecule has 4 nitrogen and oxygen atoms in total. The normalized spacial score (nSPS) is 11.9. The van der Waals surface area contributed by atoms with Crippen LogP contribution in [0.15, 0.2) is 91.0 Å². The van der Waals surface area contributed by atoms with Crippen LogP contribution in [0.5, 0.6) is 0 Å². The van der Waals surface area contributed by atoms with Gasteiger partial charge in [0.05, 0.1) is 41.6 Å². The SMILES string of the molecule is CCOC(=O)c1cc(-c2cccc3ccccc23)c(C(=O)OCC)cc1C1=CC=[C+]c2ccccc21. The van der Waals surface area contributed by atoms with E-state index in [0.717, 1.165) is 33.0 Å². The average Bonchev–Trinajstić information content (AvgIpc) is 2.92. The Morgan fingerprint density at radius 1 is 0.694 bits per heavy atom. The number of hydrogen-bond acceptors (Lipinski definition) is 4. The predicted octanol–water partition coefficient (Wildman–Crippen LogP) is 7.01.